The van der Waals surface area contributed by atoms with Crippen LogP contribution >= 0.6 is 0 Å². The SMILES string of the molecule is CC1(c2ncc(CCCN)o2)CCCC1. The van der Waals surface area contributed by atoms with Crippen molar-refractivity contribution >= 4 is 0 Å². The lowest BCUT2D eigenvalue weighted by Crippen LogP contribution is -2.16. The molecule has 84 valence electrons. The molecule has 0 amide bonds. The standard InChI is InChI=1S/C12H20N2O/c1-12(6-2-3-7-12)11-14-9-10(15-11)5-4-8-13/h9H,2-8,13H2,1H3. The van der Waals surface area contributed by atoms with Gasteiger partial charge in [-0.05, 0) is 25.8 Å². The van der Waals surface area contributed by atoms with E-state index >= 15 is 0 Å². The summed E-state index contributed by atoms with van der Waals surface area (Å²) in [5, 5.41) is 0. The molecule has 1 aromatic heterocycles. The third-order valence-corrected chi connectivity index (χ3v) is 3.40. The van der Waals surface area contributed by atoms with Crippen LogP contribution in [0, 0.1) is 0 Å². The van der Waals surface area contributed by atoms with Crippen molar-refractivity contribution in [2.45, 2.75) is 50.9 Å². The van der Waals surface area contributed by atoms with Crippen LogP contribution in [0.5, 0.6) is 0 Å². The van der Waals surface area contributed by atoms with E-state index in [4.69, 9.17) is 10.2 Å². The average molecular weight is 208 g/mol. The molecule has 3 heteroatoms. The molecule has 1 fully saturated rings. The van der Waals surface area contributed by atoms with Gasteiger partial charge in [-0.25, -0.2) is 4.98 Å². The highest BCUT2D eigenvalue weighted by atomic mass is 16.4. The van der Waals surface area contributed by atoms with Gasteiger partial charge in [0.25, 0.3) is 0 Å². The number of rotatable bonds is 4. The Morgan fingerprint density at radius 1 is 1.47 bits per heavy atom. The van der Waals surface area contributed by atoms with Crippen molar-refractivity contribution in [1.29, 1.82) is 0 Å². The van der Waals surface area contributed by atoms with Gasteiger partial charge < -0.3 is 10.2 Å². The van der Waals surface area contributed by atoms with E-state index in [1.54, 1.807) is 0 Å². The van der Waals surface area contributed by atoms with Crippen molar-refractivity contribution in [3.63, 3.8) is 0 Å². The van der Waals surface area contributed by atoms with E-state index in [0.717, 1.165) is 24.5 Å². The first-order valence-corrected chi connectivity index (χ1v) is 5.90. The van der Waals surface area contributed by atoms with Crippen LogP contribution in [0.3, 0.4) is 0 Å². The molecule has 0 atom stereocenters. The molecule has 2 rings (SSSR count). The highest BCUT2D eigenvalue weighted by Crippen LogP contribution is 2.40. The fourth-order valence-corrected chi connectivity index (χ4v) is 2.35. The van der Waals surface area contributed by atoms with E-state index in [9.17, 15) is 0 Å². The Labute approximate surface area is 91.1 Å². The van der Waals surface area contributed by atoms with Crippen LogP contribution in [0.15, 0.2) is 10.6 Å². The Morgan fingerprint density at radius 3 is 2.87 bits per heavy atom. The summed E-state index contributed by atoms with van der Waals surface area (Å²) in [6.45, 7) is 2.98. The zero-order valence-electron chi connectivity index (χ0n) is 9.46. The Morgan fingerprint density at radius 2 is 2.20 bits per heavy atom. The maximum Gasteiger partial charge on any atom is 0.200 e. The minimum atomic E-state index is 0.195. The summed E-state index contributed by atoms with van der Waals surface area (Å²) >= 11 is 0. The maximum atomic E-state index is 5.81. The first kappa shape index (κ1) is 10.7. The summed E-state index contributed by atoms with van der Waals surface area (Å²) in [4.78, 5) is 4.42. The van der Waals surface area contributed by atoms with Crippen LogP contribution in [0.4, 0.5) is 0 Å². The van der Waals surface area contributed by atoms with E-state index in [2.05, 4.69) is 11.9 Å². The predicted molar refractivity (Wildman–Crippen MR) is 59.7 cm³/mol. The molecule has 15 heavy (non-hydrogen) atoms. The van der Waals surface area contributed by atoms with E-state index < -0.39 is 0 Å². The first-order valence-electron chi connectivity index (χ1n) is 5.90. The van der Waals surface area contributed by atoms with Crippen LogP contribution in [-0.4, -0.2) is 11.5 Å². The summed E-state index contributed by atoms with van der Waals surface area (Å²) in [6, 6.07) is 0. The minimum Gasteiger partial charge on any atom is -0.445 e. The largest absolute Gasteiger partial charge is 0.445 e. The van der Waals surface area contributed by atoms with Crippen LogP contribution in [0.2, 0.25) is 0 Å². The molecule has 1 aliphatic carbocycles. The third kappa shape index (κ3) is 2.23. The van der Waals surface area contributed by atoms with Gasteiger partial charge >= 0.3 is 0 Å². The molecular weight excluding hydrogens is 188 g/mol. The van der Waals surface area contributed by atoms with E-state index in [0.29, 0.717) is 6.54 Å². The quantitative estimate of drug-likeness (QED) is 0.826. The van der Waals surface area contributed by atoms with E-state index in [1.807, 2.05) is 6.20 Å². The van der Waals surface area contributed by atoms with Gasteiger partial charge in [0.1, 0.15) is 5.76 Å². The first-order chi connectivity index (χ1) is 7.24. The monoisotopic (exact) mass is 208 g/mol. The summed E-state index contributed by atoms with van der Waals surface area (Å²) < 4.78 is 5.81. The Bertz CT molecular complexity index is 313. The molecule has 0 radical (unpaired) electrons. The van der Waals surface area contributed by atoms with Crippen molar-refractivity contribution in [2.24, 2.45) is 5.73 Å². The highest BCUT2D eigenvalue weighted by molar-refractivity contribution is 5.08. The number of hydrogen-bond acceptors (Lipinski definition) is 3. The number of hydrogen-bond donors (Lipinski definition) is 1. The molecule has 1 saturated carbocycles. The van der Waals surface area contributed by atoms with Gasteiger partial charge in [-0.3, -0.25) is 0 Å². The fraction of sp³-hybridized carbons (Fsp3) is 0.750. The second-order valence-corrected chi connectivity index (χ2v) is 4.79. The Kier molecular flexibility index (Phi) is 3.10. The second-order valence-electron chi connectivity index (χ2n) is 4.79. The molecule has 0 aromatic carbocycles. The number of nitrogens with zero attached hydrogens (tertiary/aromatic N) is 1. The lowest BCUT2D eigenvalue weighted by Gasteiger charge is -2.18. The molecule has 2 N–H and O–H groups in total. The van der Waals surface area contributed by atoms with Crippen molar-refractivity contribution in [2.75, 3.05) is 6.54 Å². The van der Waals surface area contributed by atoms with Crippen molar-refractivity contribution < 1.29 is 4.42 Å². The van der Waals surface area contributed by atoms with Crippen molar-refractivity contribution in [1.82, 2.24) is 4.98 Å². The molecule has 3 nitrogen and oxygen atoms in total. The fourth-order valence-electron chi connectivity index (χ4n) is 2.35. The van der Waals surface area contributed by atoms with Crippen LogP contribution in [0.1, 0.15) is 50.7 Å². The van der Waals surface area contributed by atoms with Crippen LogP contribution in [0.25, 0.3) is 0 Å². The molecule has 1 heterocycles. The number of oxazole rings is 1. The molecule has 0 saturated heterocycles. The molecule has 0 spiro atoms. The number of nitrogens with two attached hydrogens (primary N) is 1. The Balaban J connectivity index is 2.05. The van der Waals surface area contributed by atoms with Gasteiger partial charge in [0.15, 0.2) is 5.89 Å². The molecule has 0 unspecified atom stereocenters. The lowest BCUT2D eigenvalue weighted by molar-refractivity contribution is 0.336. The van der Waals surface area contributed by atoms with E-state index in [1.165, 1.54) is 25.7 Å². The molecule has 0 bridgehead atoms. The number of aromatic nitrogens is 1. The van der Waals surface area contributed by atoms with Crippen molar-refractivity contribution in [3.05, 3.63) is 17.8 Å². The lowest BCUT2D eigenvalue weighted by atomic mass is 9.89. The Hall–Kier alpha value is -0.830. The van der Waals surface area contributed by atoms with Gasteiger partial charge in [-0.15, -0.1) is 0 Å². The van der Waals surface area contributed by atoms with Gasteiger partial charge in [-0.1, -0.05) is 19.8 Å². The van der Waals surface area contributed by atoms with Crippen molar-refractivity contribution in [3.8, 4) is 0 Å². The normalized spacial score (nSPS) is 19.6. The molecule has 0 aliphatic heterocycles. The summed E-state index contributed by atoms with van der Waals surface area (Å²) in [7, 11) is 0. The van der Waals surface area contributed by atoms with E-state index in [-0.39, 0.29) is 5.41 Å². The molecule has 1 aliphatic rings. The summed E-state index contributed by atoms with van der Waals surface area (Å²) in [5.41, 5.74) is 5.66. The van der Waals surface area contributed by atoms with Gasteiger partial charge in [-0.2, -0.15) is 0 Å². The maximum absolute atomic E-state index is 5.81. The predicted octanol–water partition coefficient (Wildman–Crippen LogP) is 2.40. The minimum absolute atomic E-state index is 0.195. The highest BCUT2D eigenvalue weighted by Gasteiger charge is 2.34. The smallest absolute Gasteiger partial charge is 0.200 e. The molecular formula is C12H20N2O. The topological polar surface area (TPSA) is 52.0 Å². The van der Waals surface area contributed by atoms with Crippen LogP contribution < -0.4 is 5.73 Å². The summed E-state index contributed by atoms with van der Waals surface area (Å²) in [6.07, 6.45) is 8.79. The zero-order valence-corrected chi connectivity index (χ0v) is 9.46. The zero-order chi connectivity index (χ0) is 10.7. The van der Waals surface area contributed by atoms with Gasteiger partial charge in [0.2, 0.25) is 0 Å². The number of aryl methyl sites for hydroxylation is 1. The van der Waals surface area contributed by atoms with Gasteiger partial charge in [0.05, 0.1) is 6.20 Å². The van der Waals surface area contributed by atoms with Crippen LogP contribution in [-0.2, 0) is 11.8 Å². The average Bonchev–Trinajstić information content (AvgIpc) is 2.84. The molecule has 1 aromatic rings. The third-order valence-electron chi connectivity index (χ3n) is 3.40. The second kappa shape index (κ2) is 4.35. The van der Waals surface area contributed by atoms with Gasteiger partial charge in [0, 0.05) is 11.8 Å². The summed E-state index contributed by atoms with van der Waals surface area (Å²) in [5.74, 6) is 1.93.